The Labute approximate surface area is 133 Å². The normalized spacial score (nSPS) is 21.1. The number of nitrogens with one attached hydrogen (secondary N) is 1. The third-order valence-corrected chi connectivity index (χ3v) is 5.93. The second-order valence-corrected chi connectivity index (χ2v) is 7.46. The molecular weight excluding hydrogens is 329 g/mol. The van der Waals surface area contributed by atoms with Crippen molar-refractivity contribution in [1.82, 2.24) is 14.5 Å². The van der Waals surface area contributed by atoms with Crippen LogP contribution in [0.25, 0.3) is 0 Å². The minimum atomic E-state index is -3.75. The Morgan fingerprint density at radius 2 is 2.18 bits per heavy atom. The van der Waals surface area contributed by atoms with E-state index in [2.05, 4.69) is 9.82 Å². The van der Waals surface area contributed by atoms with Gasteiger partial charge in [0, 0.05) is 19.0 Å². The number of hydrogen-bond acceptors (Lipinski definition) is 3. The predicted molar refractivity (Wildman–Crippen MR) is 80.8 cm³/mol. The smallest absolute Gasteiger partial charge is 0.245 e. The van der Waals surface area contributed by atoms with Gasteiger partial charge >= 0.3 is 0 Å². The molecule has 22 heavy (non-hydrogen) atoms. The lowest BCUT2D eigenvalue weighted by Crippen LogP contribution is -2.27. The summed E-state index contributed by atoms with van der Waals surface area (Å²) in [6, 6.07) is 5.97. The van der Waals surface area contributed by atoms with E-state index in [0.717, 1.165) is 5.56 Å². The SMILES string of the molecule is Cc1nn(C)c(Cl)c1S(=O)(=O)N[C@@H]1C[C@@H]1c1cccc(F)c1. The van der Waals surface area contributed by atoms with Gasteiger partial charge in [-0.2, -0.15) is 5.10 Å². The highest BCUT2D eigenvalue weighted by Crippen LogP contribution is 2.42. The summed E-state index contributed by atoms with van der Waals surface area (Å²) in [5, 5.41) is 4.09. The van der Waals surface area contributed by atoms with Gasteiger partial charge in [0.25, 0.3) is 0 Å². The number of aryl methyl sites for hydroxylation is 2. The molecule has 1 aliphatic rings. The van der Waals surface area contributed by atoms with E-state index in [-0.39, 0.29) is 27.8 Å². The Hall–Kier alpha value is -1.44. The van der Waals surface area contributed by atoms with Crippen molar-refractivity contribution in [3.63, 3.8) is 0 Å². The summed E-state index contributed by atoms with van der Waals surface area (Å²) in [5.74, 6) is -0.335. The molecule has 0 saturated heterocycles. The van der Waals surface area contributed by atoms with Crippen molar-refractivity contribution in [2.45, 2.75) is 30.2 Å². The summed E-state index contributed by atoms with van der Waals surface area (Å²) in [4.78, 5) is 0.00144. The Morgan fingerprint density at radius 3 is 2.77 bits per heavy atom. The van der Waals surface area contributed by atoms with Gasteiger partial charge < -0.3 is 0 Å². The molecule has 1 N–H and O–H groups in total. The molecule has 2 atom stereocenters. The van der Waals surface area contributed by atoms with Crippen LogP contribution < -0.4 is 4.72 Å². The second kappa shape index (κ2) is 5.33. The van der Waals surface area contributed by atoms with Crippen LogP contribution in [0.15, 0.2) is 29.2 Å². The summed E-state index contributed by atoms with van der Waals surface area (Å²) in [6.07, 6.45) is 0.639. The van der Waals surface area contributed by atoms with E-state index in [1.165, 1.54) is 16.8 Å². The lowest BCUT2D eigenvalue weighted by atomic mass is 10.1. The Balaban J connectivity index is 1.80. The van der Waals surface area contributed by atoms with Gasteiger partial charge in [0.1, 0.15) is 15.9 Å². The molecule has 1 aromatic heterocycles. The van der Waals surface area contributed by atoms with Crippen LogP contribution in [-0.2, 0) is 17.1 Å². The van der Waals surface area contributed by atoms with Crippen molar-refractivity contribution in [1.29, 1.82) is 0 Å². The first-order valence-corrected chi connectivity index (χ1v) is 8.62. The fraction of sp³-hybridized carbons (Fsp3) is 0.357. The molecule has 0 unspecified atom stereocenters. The van der Waals surface area contributed by atoms with Gasteiger partial charge in [-0.1, -0.05) is 23.7 Å². The molecule has 118 valence electrons. The van der Waals surface area contributed by atoms with Crippen molar-refractivity contribution < 1.29 is 12.8 Å². The van der Waals surface area contributed by atoms with E-state index in [4.69, 9.17) is 11.6 Å². The second-order valence-electron chi connectivity index (χ2n) is 5.45. The van der Waals surface area contributed by atoms with Gasteiger partial charge in [0.05, 0.1) is 5.69 Å². The molecule has 0 aliphatic heterocycles. The number of aromatic nitrogens is 2. The third kappa shape index (κ3) is 2.76. The first-order valence-electron chi connectivity index (χ1n) is 6.76. The monoisotopic (exact) mass is 343 g/mol. The molecule has 5 nitrogen and oxygen atoms in total. The highest BCUT2D eigenvalue weighted by molar-refractivity contribution is 7.89. The van der Waals surface area contributed by atoms with Crippen molar-refractivity contribution in [2.75, 3.05) is 0 Å². The number of rotatable bonds is 4. The molecule has 0 spiro atoms. The molecule has 1 aromatic carbocycles. The third-order valence-electron chi connectivity index (χ3n) is 3.74. The van der Waals surface area contributed by atoms with Gasteiger partial charge in [-0.05, 0) is 31.0 Å². The van der Waals surface area contributed by atoms with Crippen LogP contribution in [0, 0.1) is 12.7 Å². The maximum atomic E-state index is 13.2. The molecule has 2 aromatic rings. The van der Waals surface area contributed by atoms with Gasteiger partial charge in [0.2, 0.25) is 10.0 Å². The van der Waals surface area contributed by atoms with Crippen molar-refractivity contribution in [2.24, 2.45) is 7.05 Å². The summed E-state index contributed by atoms with van der Waals surface area (Å²) >= 11 is 6.01. The van der Waals surface area contributed by atoms with Crippen LogP contribution >= 0.6 is 11.6 Å². The number of benzene rings is 1. The predicted octanol–water partition coefficient (Wildman–Crippen LogP) is 2.36. The van der Waals surface area contributed by atoms with Gasteiger partial charge in [-0.15, -0.1) is 0 Å². The number of sulfonamides is 1. The fourth-order valence-electron chi connectivity index (χ4n) is 2.60. The lowest BCUT2D eigenvalue weighted by Gasteiger charge is -2.06. The summed E-state index contributed by atoms with van der Waals surface area (Å²) in [6.45, 7) is 1.59. The Morgan fingerprint density at radius 1 is 1.45 bits per heavy atom. The maximum Gasteiger partial charge on any atom is 0.245 e. The highest BCUT2D eigenvalue weighted by atomic mass is 35.5. The first-order chi connectivity index (χ1) is 10.3. The summed E-state index contributed by atoms with van der Waals surface area (Å²) in [7, 11) is -2.16. The Bertz CT molecular complexity index is 835. The minimum absolute atomic E-state index is 0.00144. The van der Waals surface area contributed by atoms with E-state index < -0.39 is 10.0 Å². The topological polar surface area (TPSA) is 64.0 Å². The molecule has 0 bridgehead atoms. The quantitative estimate of drug-likeness (QED) is 0.926. The highest BCUT2D eigenvalue weighted by Gasteiger charge is 2.42. The van der Waals surface area contributed by atoms with Crippen LogP contribution in [0.5, 0.6) is 0 Å². The molecule has 0 amide bonds. The Kier molecular flexibility index (Phi) is 3.74. The van der Waals surface area contributed by atoms with Crippen LogP contribution in [0.2, 0.25) is 5.15 Å². The van der Waals surface area contributed by atoms with Crippen LogP contribution in [0.3, 0.4) is 0 Å². The standard InChI is InChI=1S/C14H15ClFN3O2S/c1-8-13(14(15)19(2)17-8)22(20,21)18-12-7-11(12)9-4-3-5-10(16)6-9/h3-6,11-12,18H,7H2,1-2H3/t11-,12-/m1/s1. The van der Waals surface area contributed by atoms with E-state index in [0.29, 0.717) is 12.1 Å². The molecule has 1 heterocycles. The van der Waals surface area contributed by atoms with Crippen LogP contribution in [0.4, 0.5) is 4.39 Å². The van der Waals surface area contributed by atoms with E-state index >= 15 is 0 Å². The van der Waals surface area contributed by atoms with Crippen LogP contribution in [-0.4, -0.2) is 24.2 Å². The van der Waals surface area contributed by atoms with E-state index in [1.807, 2.05) is 0 Å². The van der Waals surface area contributed by atoms with Crippen molar-refractivity contribution in [3.05, 3.63) is 46.5 Å². The maximum absolute atomic E-state index is 13.2. The average Bonchev–Trinajstić information content (AvgIpc) is 3.10. The molecule has 1 fully saturated rings. The van der Waals surface area contributed by atoms with Crippen molar-refractivity contribution in [3.8, 4) is 0 Å². The van der Waals surface area contributed by atoms with E-state index in [1.54, 1.807) is 26.1 Å². The molecule has 1 aliphatic carbocycles. The fourth-order valence-corrected chi connectivity index (χ4v) is 4.64. The minimum Gasteiger partial charge on any atom is -0.255 e. The first kappa shape index (κ1) is 15.5. The van der Waals surface area contributed by atoms with Crippen molar-refractivity contribution >= 4 is 21.6 Å². The number of halogens is 2. The van der Waals surface area contributed by atoms with Gasteiger partial charge in [-0.3, -0.25) is 4.68 Å². The molecular formula is C14H15ClFN3O2S. The summed E-state index contributed by atoms with van der Waals surface area (Å²) in [5.41, 5.74) is 1.14. The zero-order valence-corrected chi connectivity index (χ0v) is 13.6. The van der Waals surface area contributed by atoms with Gasteiger partial charge in [0.15, 0.2) is 0 Å². The average molecular weight is 344 g/mol. The largest absolute Gasteiger partial charge is 0.255 e. The summed E-state index contributed by atoms with van der Waals surface area (Å²) < 4.78 is 42.1. The lowest BCUT2D eigenvalue weighted by molar-refractivity contribution is 0.579. The molecule has 8 heteroatoms. The van der Waals surface area contributed by atoms with Crippen LogP contribution in [0.1, 0.15) is 23.6 Å². The molecule has 1 saturated carbocycles. The number of nitrogens with zero attached hydrogens (tertiary/aromatic N) is 2. The van der Waals surface area contributed by atoms with E-state index in [9.17, 15) is 12.8 Å². The molecule has 3 rings (SSSR count). The zero-order chi connectivity index (χ0) is 16.1. The zero-order valence-electron chi connectivity index (χ0n) is 12.0. The number of hydrogen-bond donors (Lipinski definition) is 1. The molecule has 0 radical (unpaired) electrons. The van der Waals surface area contributed by atoms with Gasteiger partial charge in [-0.25, -0.2) is 17.5 Å².